The van der Waals surface area contributed by atoms with Crippen LogP contribution in [0.1, 0.15) is 152 Å². The van der Waals surface area contributed by atoms with Gasteiger partial charge in [0, 0.05) is 29.4 Å². The number of benzene rings is 3. The molecule has 0 aliphatic carbocycles. The van der Waals surface area contributed by atoms with Gasteiger partial charge in [-0.2, -0.15) is 0 Å². The number of nitrogens with zero attached hydrogens (tertiary/aromatic N) is 2. The molecule has 1 aromatic heterocycles. The van der Waals surface area contributed by atoms with Crippen molar-refractivity contribution in [3.63, 3.8) is 0 Å². The first-order chi connectivity index (χ1) is 22.7. The molecule has 0 bridgehead atoms. The highest BCUT2D eigenvalue weighted by Gasteiger charge is 2.39. The van der Waals surface area contributed by atoms with E-state index in [-0.39, 0.29) is 5.41 Å². The zero-order valence-corrected chi connectivity index (χ0v) is 29.2. The van der Waals surface area contributed by atoms with E-state index in [1.54, 1.807) is 0 Å². The molecule has 2 heteroatoms. The summed E-state index contributed by atoms with van der Waals surface area (Å²) in [6.07, 6.45) is 30.1. The Kier molecular flexibility index (Phi) is 16.2. The smallest absolute Gasteiger partial charge is 0.117 e. The molecular weight excluding hydrogens is 556 g/mol. The summed E-state index contributed by atoms with van der Waals surface area (Å²) in [5, 5.41) is 0. The Morgan fingerprint density at radius 1 is 0.565 bits per heavy atom. The van der Waals surface area contributed by atoms with Crippen LogP contribution in [0.25, 0.3) is 5.69 Å². The second-order valence-corrected chi connectivity index (χ2v) is 13.9. The van der Waals surface area contributed by atoms with Gasteiger partial charge in [0.15, 0.2) is 0 Å². The molecule has 0 aliphatic rings. The Labute approximate surface area is 282 Å². The van der Waals surface area contributed by atoms with E-state index in [0.717, 1.165) is 12.8 Å². The van der Waals surface area contributed by atoms with Crippen molar-refractivity contribution in [2.45, 2.75) is 147 Å². The third kappa shape index (κ3) is 11.6. The fourth-order valence-electron chi connectivity index (χ4n) is 7.45. The molecule has 2 atom stereocenters. The van der Waals surface area contributed by atoms with Gasteiger partial charge in [0.25, 0.3) is 0 Å². The van der Waals surface area contributed by atoms with E-state index < -0.39 is 0 Å². The molecule has 2 nitrogen and oxygen atoms in total. The van der Waals surface area contributed by atoms with Crippen molar-refractivity contribution >= 4 is 0 Å². The number of hydrogen-bond acceptors (Lipinski definition) is 1. The fraction of sp³-hybridized carbons (Fsp3) is 0.523. The Balaban J connectivity index is 1.30. The van der Waals surface area contributed by atoms with Crippen molar-refractivity contribution in [2.24, 2.45) is 0 Å². The number of imidazole rings is 1. The molecule has 0 spiro atoms. The lowest BCUT2D eigenvalue weighted by molar-refractivity contribution is 0.328. The maximum absolute atomic E-state index is 5.08. The van der Waals surface area contributed by atoms with Crippen LogP contribution in [0.2, 0.25) is 0 Å². The quantitative estimate of drug-likeness (QED) is 0.0714. The van der Waals surface area contributed by atoms with Crippen LogP contribution in [-0.4, -0.2) is 9.55 Å². The average molecular weight is 619 g/mol. The van der Waals surface area contributed by atoms with Crippen LogP contribution >= 0.6 is 0 Å². The Hall–Kier alpha value is -3.13. The number of aromatic nitrogens is 2. The summed E-state index contributed by atoms with van der Waals surface area (Å²) in [5.41, 5.74) is 3.89. The van der Waals surface area contributed by atoms with Gasteiger partial charge in [-0.3, -0.25) is 0 Å². The molecule has 2 unspecified atom stereocenters. The highest BCUT2D eigenvalue weighted by molar-refractivity contribution is 5.38. The standard InChI is InChI=1S/C44H62N2/c1-3-4-5-6-7-8-9-10-11-12-13-14-15-16-17-18-28-35-42(43-45-36-37-46(43)41-33-26-21-27-34-41)44(2,40-31-24-20-25-32-40)38-39-29-22-19-23-30-39/h19-27,29-34,36-37,42H,3-18,28,35,38H2,1-2H3. The van der Waals surface area contributed by atoms with Gasteiger partial charge in [0.2, 0.25) is 0 Å². The summed E-state index contributed by atoms with van der Waals surface area (Å²) in [7, 11) is 0. The second kappa shape index (κ2) is 20.9. The van der Waals surface area contributed by atoms with E-state index in [2.05, 4.69) is 116 Å². The minimum Gasteiger partial charge on any atom is -0.304 e. The van der Waals surface area contributed by atoms with Gasteiger partial charge in [0.1, 0.15) is 5.82 Å². The molecule has 3 aromatic carbocycles. The molecule has 1 heterocycles. The minimum absolute atomic E-state index is 0.0877. The molecular formula is C44H62N2. The lowest BCUT2D eigenvalue weighted by atomic mass is 9.66. The topological polar surface area (TPSA) is 17.8 Å². The van der Waals surface area contributed by atoms with Crippen molar-refractivity contribution in [3.05, 3.63) is 120 Å². The van der Waals surface area contributed by atoms with Crippen molar-refractivity contribution in [2.75, 3.05) is 0 Å². The van der Waals surface area contributed by atoms with Crippen LogP contribution in [0.5, 0.6) is 0 Å². The molecule has 4 rings (SSSR count). The highest BCUT2D eigenvalue weighted by atomic mass is 15.1. The molecule has 0 N–H and O–H groups in total. The molecule has 0 amide bonds. The molecule has 0 saturated heterocycles. The number of para-hydroxylation sites is 1. The van der Waals surface area contributed by atoms with E-state index in [1.165, 1.54) is 132 Å². The molecule has 0 radical (unpaired) electrons. The van der Waals surface area contributed by atoms with Crippen molar-refractivity contribution in [3.8, 4) is 5.69 Å². The zero-order valence-electron chi connectivity index (χ0n) is 29.2. The third-order valence-corrected chi connectivity index (χ3v) is 10.2. The SMILES string of the molecule is CCCCCCCCCCCCCCCCCCCC(c1nccn1-c1ccccc1)C(C)(Cc1ccccc1)c1ccccc1. The number of hydrogen-bond donors (Lipinski definition) is 0. The highest BCUT2D eigenvalue weighted by Crippen LogP contribution is 2.44. The average Bonchev–Trinajstić information content (AvgIpc) is 3.58. The van der Waals surface area contributed by atoms with Crippen LogP contribution in [0.4, 0.5) is 0 Å². The molecule has 4 aromatic rings. The van der Waals surface area contributed by atoms with Crippen LogP contribution in [-0.2, 0) is 11.8 Å². The third-order valence-electron chi connectivity index (χ3n) is 10.2. The van der Waals surface area contributed by atoms with Gasteiger partial charge in [-0.1, -0.05) is 202 Å². The van der Waals surface area contributed by atoms with E-state index >= 15 is 0 Å². The summed E-state index contributed by atoms with van der Waals surface area (Å²) in [4.78, 5) is 5.08. The fourth-order valence-corrected chi connectivity index (χ4v) is 7.45. The monoisotopic (exact) mass is 618 g/mol. The lowest BCUT2D eigenvalue weighted by Crippen LogP contribution is -2.35. The summed E-state index contributed by atoms with van der Waals surface area (Å²) >= 11 is 0. The van der Waals surface area contributed by atoms with Gasteiger partial charge >= 0.3 is 0 Å². The Morgan fingerprint density at radius 2 is 1.02 bits per heavy atom. The molecule has 0 saturated carbocycles. The maximum Gasteiger partial charge on any atom is 0.117 e. The normalized spacial score (nSPS) is 13.4. The van der Waals surface area contributed by atoms with Gasteiger partial charge < -0.3 is 4.57 Å². The van der Waals surface area contributed by atoms with Gasteiger partial charge in [-0.25, -0.2) is 4.98 Å². The summed E-state index contributed by atoms with van der Waals surface area (Å²) in [6.45, 7) is 4.79. The first-order valence-corrected chi connectivity index (χ1v) is 18.9. The van der Waals surface area contributed by atoms with E-state index in [4.69, 9.17) is 4.98 Å². The van der Waals surface area contributed by atoms with Crippen LogP contribution in [0.3, 0.4) is 0 Å². The van der Waals surface area contributed by atoms with Crippen molar-refractivity contribution in [1.29, 1.82) is 0 Å². The van der Waals surface area contributed by atoms with Gasteiger partial charge in [-0.05, 0) is 36.1 Å². The molecule has 0 fully saturated rings. The number of unbranched alkanes of at least 4 members (excludes halogenated alkanes) is 16. The molecule has 0 aliphatic heterocycles. The predicted octanol–water partition coefficient (Wildman–Crippen LogP) is 13.2. The van der Waals surface area contributed by atoms with E-state index in [0.29, 0.717) is 5.92 Å². The van der Waals surface area contributed by atoms with Crippen molar-refractivity contribution < 1.29 is 0 Å². The Bertz CT molecular complexity index is 1300. The predicted molar refractivity (Wildman–Crippen MR) is 199 cm³/mol. The minimum atomic E-state index is -0.0877. The van der Waals surface area contributed by atoms with Gasteiger partial charge in [0.05, 0.1) is 0 Å². The van der Waals surface area contributed by atoms with E-state index in [9.17, 15) is 0 Å². The summed E-state index contributed by atoms with van der Waals surface area (Å²) in [5.74, 6) is 1.48. The largest absolute Gasteiger partial charge is 0.304 e. The summed E-state index contributed by atoms with van der Waals surface area (Å²) < 4.78 is 2.34. The zero-order chi connectivity index (χ0) is 32.1. The van der Waals surface area contributed by atoms with Crippen LogP contribution < -0.4 is 0 Å². The Morgan fingerprint density at radius 3 is 1.54 bits per heavy atom. The first-order valence-electron chi connectivity index (χ1n) is 18.9. The van der Waals surface area contributed by atoms with Crippen LogP contribution in [0, 0.1) is 0 Å². The summed E-state index contributed by atoms with van der Waals surface area (Å²) in [6, 6.07) is 33.0. The maximum atomic E-state index is 5.08. The van der Waals surface area contributed by atoms with Gasteiger partial charge in [-0.15, -0.1) is 0 Å². The molecule has 46 heavy (non-hydrogen) atoms. The first kappa shape index (κ1) is 35.7. The van der Waals surface area contributed by atoms with Crippen molar-refractivity contribution in [1.82, 2.24) is 9.55 Å². The molecule has 248 valence electrons. The lowest BCUT2D eigenvalue weighted by Gasteiger charge is -2.39. The van der Waals surface area contributed by atoms with Crippen LogP contribution in [0.15, 0.2) is 103 Å². The van der Waals surface area contributed by atoms with E-state index in [1.807, 2.05) is 6.20 Å². The second-order valence-electron chi connectivity index (χ2n) is 13.9. The number of rotatable bonds is 24.